The average molecular weight is 196 g/mol. The van der Waals surface area contributed by atoms with E-state index in [2.05, 4.69) is 4.98 Å². The van der Waals surface area contributed by atoms with E-state index in [9.17, 15) is 17.6 Å². The number of hydrogen-bond donors (Lipinski definition) is 0. The first-order valence-electron chi connectivity index (χ1n) is 2.76. The summed E-state index contributed by atoms with van der Waals surface area (Å²) in [6.45, 7) is 0. The monoisotopic (exact) mass is 196 g/mol. The van der Waals surface area contributed by atoms with Gasteiger partial charge in [-0.25, -0.2) is 4.39 Å². The van der Waals surface area contributed by atoms with E-state index in [0.717, 1.165) is 12.3 Å². The molecule has 0 N–H and O–H groups in total. The van der Waals surface area contributed by atoms with E-state index in [1.54, 1.807) is 0 Å². The fourth-order valence-electron chi connectivity index (χ4n) is 0.529. The molecule has 0 aromatic carbocycles. The first-order valence-corrected chi connectivity index (χ1v) is 3.58. The molecule has 1 aromatic heterocycles. The quantitative estimate of drug-likeness (QED) is 0.505. The summed E-state index contributed by atoms with van der Waals surface area (Å²) in [5.74, 6) is -0.805. The Kier molecular flexibility index (Phi) is 2.56. The summed E-state index contributed by atoms with van der Waals surface area (Å²) in [6, 6.07) is 0.727. The number of thioether (sulfide) groups is 1. The summed E-state index contributed by atoms with van der Waals surface area (Å²) in [5.41, 5.74) is -4.42. The van der Waals surface area contributed by atoms with Gasteiger partial charge in [0, 0.05) is 4.90 Å². The molecular weight excluding hydrogens is 194 g/mol. The van der Waals surface area contributed by atoms with Crippen LogP contribution in [0.2, 0.25) is 0 Å². The molecule has 12 heavy (non-hydrogen) atoms. The van der Waals surface area contributed by atoms with Crippen LogP contribution in [0.5, 0.6) is 0 Å². The van der Waals surface area contributed by atoms with Crippen LogP contribution in [0.4, 0.5) is 17.6 Å². The minimum atomic E-state index is -4.42. The fraction of sp³-hybridized carbons (Fsp3) is 0.167. The van der Waals surface area contributed by atoms with Gasteiger partial charge in [-0.3, -0.25) is 4.98 Å². The van der Waals surface area contributed by atoms with Crippen molar-refractivity contribution in [3.05, 3.63) is 24.3 Å². The lowest BCUT2D eigenvalue weighted by molar-refractivity contribution is -0.0328. The topological polar surface area (TPSA) is 12.9 Å². The van der Waals surface area contributed by atoms with E-state index in [1.165, 1.54) is 0 Å². The molecule has 1 heterocycles. The van der Waals surface area contributed by atoms with Crippen molar-refractivity contribution in [2.24, 2.45) is 0 Å². The molecule has 0 atom stereocenters. The minimum absolute atomic E-state index is 0.373. The Labute approximate surface area is 69.8 Å². The second kappa shape index (κ2) is 3.30. The fourth-order valence-corrected chi connectivity index (χ4v) is 1.05. The first kappa shape index (κ1) is 9.31. The van der Waals surface area contributed by atoms with Gasteiger partial charge in [-0.2, -0.15) is 13.2 Å². The predicted octanol–water partition coefficient (Wildman–Crippen LogP) is 2.63. The van der Waals surface area contributed by atoms with Crippen molar-refractivity contribution in [2.75, 3.05) is 0 Å². The van der Waals surface area contributed by atoms with Crippen molar-refractivity contribution in [3.8, 4) is 0 Å². The molecule has 0 amide bonds. The molecule has 0 saturated carbocycles. The Morgan fingerprint density at radius 1 is 1.42 bits per heavy atom. The van der Waals surface area contributed by atoms with E-state index in [1.807, 2.05) is 6.20 Å². The average Bonchev–Trinajstić information content (AvgIpc) is 1.82. The van der Waals surface area contributed by atoms with Crippen LogP contribution < -0.4 is 0 Å². The minimum Gasteiger partial charge on any atom is -0.250 e. The van der Waals surface area contributed by atoms with Crippen LogP contribution in [-0.4, -0.2) is 10.5 Å². The zero-order valence-corrected chi connectivity index (χ0v) is 6.34. The van der Waals surface area contributed by atoms with Gasteiger partial charge in [-0.05, 0) is 17.8 Å². The number of aromatic nitrogens is 1. The SMILES string of the molecule is Fc1cn[c]c(SC(F)(F)F)c1. The Hall–Kier alpha value is -0.780. The van der Waals surface area contributed by atoms with Crippen LogP contribution in [0.1, 0.15) is 0 Å². The van der Waals surface area contributed by atoms with Gasteiger partial charge in [0.25, 0.3) is 0 Å². The largest absolute Gasteiger partial charge is 0.446 e. The molecule has 0 aliphatic rings. The summed E-state index contributed by atoms with van der Waals surface area (Å²) < 4.78 is 47.3. The van der Waals surface area contributed by atoms with Crippen LogP contribution in [0.3, 0.4) is 0 Å². The number of nitrogens with zero attached hydrogens (tertiary/aromatic N) is 1. The van der Waals surface area contributed by atoms with E-state index in [-0.39, 0.29) is 4.90 Å². The summed E-state index contributed by atoms with van der Waals surface area (Å²) >= 11 is -0.443. The molecule has 0 spiro atoms. The van der Waals surface area contributed by atoms with Gasteiger partial charge < -0.3 is 0 Å². The third-order valence-corrected chi connectivity index (χ3v) is 1.52. The first-order chi connectivity index (χ1) is 5.47. The number of pyridine rings is 1. The van der Waals surface area contributed by atoms with Crippen molar-refractivity contribution in [3.63, 3.8) is 0 Å². The van der Waals surface area contributed by atoms with E-state index < -0.39 is 23.1 Å². The highest BCUT2D eigenvalue weighted by Crippen LogP contribution is 2.36. The summed E-state index contributed by atoms with van der Waals surface area (Å²) in [7, 11) is 0. The van der Waals surface area contributed by atoms with E-state index in [4.69, 9.17) is 0 Å². The number of hydrogen-bond acceptors (Lipinski definition) is 2. The maximum atomic E-state index is 12.3. The Bertz CT molecular complexity index is 272. The second-order valence-corrected chi connectivity index (χ2v) is 2.92. The molecule has 1 aromatic rings. The van der Waals surface area contributed by atoms with Crippen LogP contribution >= 0.6 is 11.8 Å². The number of alkyl halides is 3. The van der Waals surface area contributed by atoms with Gasteiger partial charge >= 0.3 is 5.51 Å². The van der Waals surface area contributed by atoms with Gasteiger partial charge in [-0.1, -0.05) is 0 Å². The van der Waals surface area contributed by atoms with Crippen molar-refractivity contribution in [1.29, 1.82) is 0 Å². The molecule has 65 valence electrons. The van der Waals surface area contributed by atoms with E-state index in [0.29, 0.717) is 0 Å². The maximum absolute atomic E-state index is 12.3. The molecule has 0 bridgehead atoms. The van der Waals surface area contributed by atoms with E-state index >= 15 is 0 Å². The molecular formula is C6H2F4NS. The van der Waals surface area contributed by atoms with Crippen LogP contribution in [0.25, 0.3) is 0 Å². The lowest BCUT2D eigenvalue weighted by Crippen LogP contribution is -1.99. The maximum Gasteiger partial charge on any atom is 0.446 e. The van der Waals surface area contributed by atoms with Crippen molar-refractivity contribution in [1.82, 2.24) is 4.98 Å². The van der Waals surface area contributed by atoms with Crippen LogP contribution in [0, 0.1) is 12.0 Å². The molecule has 1 radical (unpaired) electrons. The lowest BCUT2D eigenvalue weighted by Gasteiger charge is -2.03. The van der Waals surface area contributed by atoms with Gasteiger partial charge in [-0.15, -0.1) is 0 Å². The zero-order valence-electron chi connectivity index (χ0n) is 5.52. The van der Waals surface area contributed by atoms with Crippen molar-refractivity contribution >= 4 is 11.8 Å². The molecule has 0 aliphatic heterocycles. The molecule has 0 aliphatic carbocycles. The van der Waals surface area contributed by atoms with Gasteiger partial charge in [0.15, 0.2) is 0 Å². The summed E-state index contributed by atoms with van der Waals surface area (Å²) in [6.07, 6.45) is 2.81. The molecule has 1 nitrogen and oxygen atoms in total. The highest BCUT2D eigenvalue weighted by molar-refractivity contribution is 8.00. The Balaban J connectivity index is 2.77. The van der Waals surface area contributed by atoms with Gasteiger partial charge in [0.2, 0.25) is 0 Å². The predicted molar refractivity (Wildman–Crippen MR) is 34.9 cm³/mol. The van der Waals surface area contributed by atoms with Crippen molar-refractivity contribution in [2.45, 2.75) is 10.4 Å². The third kappa shape index (κ3) is 3.08. The Morgan fingerprint density at radius 2 is 2.08 bits per heavy atom. The summed E-state index contributed by atoms with van der Waals surface area (Å²) in [4.78, 5) is 2.77. The number of rotatable bonds is 1. The lowest BCUT2D eigenvalue weighted by atomic mass is 10.5. The zero-order chi connectivity index (χ0) is 9.19. The molecule has 1 rings (SSSR count). The highest BCUT2D eigenvalue weighted by atomic mass is 32.2. The van der Waals surface area contributed by atoms with Gasteiger partial charge in [0.1, 0.15) is 12.0 Å². The molecule has 0 fully saturated rings. The smallest absolute Gasteiger partial charge is 0.250 e. The molecule has 0 unspecified atom stereocenters. The highest BCUT2D eigenvalue weighted by Gasteiger charge is 2.29. The third-order valence-electron chi connectivity index (χ3n) is 0.857. The van der Waals surface area contributed by atoms with Crippen LogP contribution in [-0.2, 0) is 0 Å². The number of halogens is 4. The second-order valence-electron chi connectivity index (χ2n) is 1.81. The normalized spacial score (nSPS) is 11.7. The summed E-state index contributed by atoms with van der Waals surface area (Å²) in [5, 5.41) is 0. The van der Waals surface area contributed by atoms with Gasteiger partial charge in [0.05, 0.1) is 6.20 Å². The Morgan fingerprint density at radius 3 is 2.58 bits per heavy atom. The van der Waals surface area contributed by atoms with Crippen LogP contribution in [0.15, 0.2) is 17.2 Å². The molecule has 0 saturated heterocycles. The standard InChI is InChI=1S/C6H2F4NS/c7-4-1-5(3-11-2-4)12-6(8,9)10/h1-2H. The van der Waals surface area contributed by atoms with Crippen molar-refractivity contribution < 1.29 is 17.6 Å². The molecule has 6 heteroatoms.